The van der Waals surface area contributed by atoms with Gasteiger partial charge in [0.25, 0.3) is 0 Å². The first-order chi connectivity index (χ1) is 24.6. The quantitative estimate of drug-likeness (QED) is 0.136. The summed E-state index contributed by atoms with van der Waals surface area (Å²) in [6, 6.07) is 52.7. The predicted molar refractivity (Wildman–Crippen MR) is 227 cm³/mol. The lowest BCUT2D eigenvalue weighted by molar-refractivity contribution is 1.33. The number of hydrogen-bond acceptors (Lipinski definition) is 4. The minimum Gasteiger partial charge on any atom is -0.397 e. The van der Waals surface area contributed by atoms with Crippen molar-refractivity contribution in [3.8, 4) is 0 Å². The van der Waals surface area contributed by atoms with E-state index < -0.39 is 0 Å². The molecule has 0 unspecified atom stereocenters. The molecule has 6 N–H and O–H groups in total. The van der Waals surface area contributed by atoms with E-state index in [0.717, 1.165) is 27.2 Å². The molecule has 0 spiro atoms. The molecule has 8 rings (SSSR count). The lowest BCUT2D eigenvalue weighted by Crippen LogP contribution is -1.99. The molecular weight excluding hydrogens is 688 g/mol. The summed E-state index contributed by atoms with van der Waals surface area (Å²) in [6.45, 7) is 8.34. The summed E-state index contributed by atoms with van der Waals surface area (Å²) in [7, 11) is 0. The van der Waals surface area contributed by atoms with Gasteiger partial charge in [-0.25, -0.2) is 0 Å². The molecule has 0 aliphatic carbocycles. The number of nitrogens with two attached hydrogens (primary N) is 2. The molecule has 0 saturated carbocycles. The molecule has 4 nitrogen and oxygen atoms in total. The van der Waals surface area contributed by atoms with E-state index >= 15 is 0 Å². The largest absolute Gasteiger partial charge is 0.397 e. The van der Waals surface area contributed by atoms with Gasteiger partial charge in [0.15, 0.2) is 0 Å². The van der Waals surface area contributed by atoms with Crippen molar-refractivity contribution >= 4 is 82.4 Å². The first-order valence-electron chi connectivity index (χ1n) is 17.0. The summed E-state index contributed by atoms with van der Waals surface area (Å²) in [6.07, 6.45) is 0. The second kappa shape index (κ2) is 15.8. The fraction of sp³-hybridized carbons (Fsp3) is 0.0870. The van der Waals surface area contributed by atoms with Crippen molar-refractivity contribution < 1.29 is 0 Å². The molecule has 5 heteroatoms. The molecule has 8 aromatic carbocycles. The van der Waals surface area contributed by atoms with Crippen molar-refractivity contribution in [2.24, 2.45) is 0 Å². The van der Waals surface area contributed by atoms with Crippen molar-refractivity contribution in [3.63, 3.8) is 0 Å². The van der Waals surface area contributed by atoms with Crippen LogP contribution in [0.25, 0.3) is 32.3 Å². The van der Waals surface area contributed by atoms with Crippen molar-refractivity contribution in [2.45, 2.75) is 27.7 Å². The molecule has 0 aliphatic heterocycles. The van der Waals surface area contributed by atoms with Crippen LogP contribution >= 0.6 is 15.9 Å². The molecule has 0 heterocycles. The van der Waals surface area contributed by atoms with E-state index in [9.17, 15) is 0 Å². The van der Waals surface area contributed by atoms with E-state index in [2.05, 4.69) is 180 Å². The molecule has 51 heavy (non-hydrogen) atoms. The third-order valence-electron chi connectivity index (χ3n) is 9.10. The fourth-order valence-electron chi connectivity index (χ4n) is 5.89. The van der Waals surface area contributed by atoms with Crippen LogP contribution in [-0.4, -0.2) is 0 Å². The van der Waals surface area contributed by atoms with E-state index in [1.54, 1.807) is 0 Å². The second-order valence-electron chi connectivity index (χ2n) is 12.9. The Morgan fingerprint density at radius 3 is 1.12 bits per heavy atom. The molecule has 254 valence electrons. The summed E-state index contributed by atoms with van der Waals surface area (Å²) < 4.78 is 1.14. The fourth-order valence-corrected chi connectivity index (χ4v) is 6.27. The number of halogens is 1. The molecular formula is C46H43BrN4. The first-order valence-corrected chi connectivity index (χ1v) is 17.8. The highest BCUT2D eigenvalue weighted by Crippen LogP contribution is 2.33. The van der Waals surface area contributed by atoms with Gasteiger partial charge in [-0.05, 0) is 143 Å². The van der Waals surface area contributed by atoms with Gasteiger partial charge < -0.3 is 22.1 Å². The number of rotatable bonds is 4. The maximum atomic E-state index is 5.56. The molecule has 0 atom stereocenters. The van der Waals surface area contributed by atoms with Crippen molar-refractivity contribution in [3.05, 3.63) is 178 Å². The summed E-state index contributed by atoms with van der Waals surface area (Å²) in [5, 5.41) is 14.8. The molecule has 0 bridgehead atoms. The Morgan fingerprint density at radius 1 is 0.373 bits per heavy atom. The first kappa shape index (κ1) is 35.1. The third-order valence-corrected chi connectivity index (χ3v) is 9.59. The second-order valence-corrected chi connectivity index (χ2v) is 13.8. The zero-order valence-electron chi connectivity index (χ0n) is 29.5. The zero-order valence-corrected chi connectivity index (χ0v) is 31.1. The molecule has 8 aromatic rings. The normalized spacial score (nSPS) is 10.6. The standard InChI is InChI=1S/C28H24N2.C10H7Br.C8H12N2/c1-19-15-27(29-25-13-11-21-7-3-5-9-23(21)17-25)28(16-20(19)2)30-26-14-12-22-8-4-6-10-24(22)18-26;11-10-6-5-8-3-1-2-4-9(8)7-10;1-5-3-7(9)8(10)4-6(5)2/h3-18,29-30H,1-2H3;1-7H;3-4H,9-10H2,1-2H3. The number of aryl methyl sites for hydroxylation is 4. The van der Waals surface area contributed by atoms with Crippen molar-refractivity contribution in [2.75, 3.05) is 22.1 Å². The van der Waals surface area contributed by atoms with Crippen LogP contribution in [0.4, 0.5) is 34.1 Å². The summed E-state index contributed by atoms with van der Waals surface area (Å²) in [4.78, 5) is 0. The molecule has 0 fully saturated rings. The van der Waals surface area contributed by atoms with E-state index in [0.29, 0.717) is 11.4 Å². The van der Waals surface area contributed by atoms with Crippen LogP contribution in [0, 0.1) is 27.7 Å². The summed E-state index contributed by atoms with van der Waals surface area (Å²) in [5.41, 5.74) is 21.7. The van der Waals surface area contributed by atoms with Gasteiger partial charge >= 0.3 is 0 Å². The van der Waals surface area contributed by atoms with Crippen LogP contribution < -0.4 is 22.1 Å². The molecule has 0 amide bonds. The number of hydrogen-bond donors (Lipinski definition) is 4. The van der Waals surface area contributed by atoms with Gasteiger partial charge in [0.2, 0.25) is 0 Å². The number of benzene rings is 8. The zero-order chi connectivity index (χ0) is 35.9. The lowest BCUT2D eigenvalue weighted by Gasteiger charge is -2.17. The predicted octanol–water partition coefficient (Wildman–Crippen LogP) is 13.2. The van der Waals surface area contributed by atoms with Gasteiger partial charge in [0.05, 0.1) is 22.7 Å². The molecule has 0 saturated heterocycles. The van der Waals surface area contributed by atoms with Crippen LogP contribution in [-0.2, 0) is 0 Å². The Kier molecular flexibility index (Phi) is 10.9. The Labute approximate surface area is 309 Å². The Hall–Kier alpha value is -5.78. The highest BCUT2D eigenvalue weighted by molar-refractivity contribution is 9.10. The van der Waals surface area contributed by atoms with Crippen LogP contribution in [0.15, 0.2) is 156 Å². The van der Waals surface area contributed by atoms with Crippen LogP contribution in [0.3, 0.4) is 0 Å². The van der Waals surface area contributed by atoms with Gasteiger partial charge in [0, 0.05) is 15.8 Å². The smallest absolute Gasteiger partial charge is 0.0626 e. The van der Waals surface area contributed by atoms with Gasteiger partial charge in [-0.2, -0.15) is 0 Å². The maximum absolute atomic E-state index is 5.56. The minimum atomic E-state index is 0.670. The molecule has 0 aromatic heterocycles. The van der Waals surface area contributed by atoms with Crippen LogP contribution in [0.5, 0.6) is 0 Å². The molecule has 0 aliphatic rings. The van der Waals surface area contributed by atoms with Gasteiger partial charge in [0.1, 0.15) is 0 Å². The topological polar surface area (TPSA) is 76.1 Å². The highest BCUT2D eigenvalue weighted by atomic mass is 79.9. The van der Waals surface area contributed by atoms with E-state index in [4.69, 9.17) is 11.5 Å². The van der Waals surface area contributed by atoms with Gasteiger partial charge in [-0.3, -0.25) is 0 Å². The summed E-state index contributed by atoms with van der Waals surface area (Å²) in [5.74, 6) is 0. The van der Waals surface area contributed by atoms with E-state index in [1.165, 1.54) is 54.6 Å². The van der Waals surface area contributed by atoms with E-state index in [1.807, 2.05) is 26.0 Å². The molecule has 0 radical (unpaired) electrons. The van der Waals surface area contributed by atoms with E-state index in [-0.39, 0.29) is 0 Å². The van der Waals surface area contributed by atoms with Crippen molar-refractivity contribution in [1.29, 1.82) is 0 Å². The lowest BCUT2D eigenvalue weighted by atomic mass is 10.1. The SMILES string of the molecule is Brc1ccc2ccccc2c1.Cc1cc(N)c(N)cc1C.Cc1cc(Nc2ccc3ccccc3c2)c(Nc2ccc3ccccc3c2)cc1C. The number of nitrogens with one attached hydrogen (secondary N) is 2. The average Bonchev–Trinajstić information content (AvgIpc) is 3.13. The van der Waals surface area contributed by atoms with Gasteiger partial charge in [-0.15, -0.1) is 0 Å². The number of fused-ring (bicyclic) bond motifs is 3. The third kappa shape index (κ3) is 8.88. The Bertz CT molecular complexity index is 2310. The Morgan fingerprint density at radius 2 is 0.706 bits per heavy atom. The minimum absolute atomic E-state index is 0.670. The van der Waals surface area contributed by atoms with Gasteiger partial charge in [-0.1, -0.05) is 107 Å². The Balaban J connectivity index is 0.000000173. The number of nitrogen functional groups attached to an aromatic ring is 2. The average molecular weight is 732 g/mol. The number of anilines is 6. The monoisotopic (exact) mass is 730 g/mol. The van der Waals surface area contributed by atoms with Crippen molar-refractivity contribution in [1.82, 2.24) is 0 Å². The maximum Gasteiger partial charge on any atom is 0.0626 e. The van der Waals surface area contributed by atoms with Crippen LogP contribution in [0.1, 0.15) is 22.3 Å². The highest BCUT2D eigenvalue weighted by Gasteiger charge is 2.08. The van der Waals surface area contributed by atoms with Crippen LogP contribution in [0.2, 0.25) is 0 Å². The summed E-state index contributed by atoms with van der Waals surface area (Å²) >= 11 is 3.43.